The number of pyridine rings is 1. The largest absolute Gasteiger partial charge is 0.377 e. The van der Waals surface area contributed by atoms with Gasteiger partial charge in [0.15, 0.2) is 5.82 Å². The van der Waals surface area contributed by atoms with Crippen molar-refractivity contribution in [3.8, 4) is 0 Å². The first-order valence-corrected chi connectivity index (χ1v) is 8.93. The van der Waals surface area contributed by atoms with Crippen molar-refractivity contribution in [1.82, 2.24) is 15.2 Å². The monoisotopic (exact) mass is 350 g/mol. The van der Waals surface area contributed by atoms with E-state index in [1.807, 2.05) is 24.3 Å². The van der Waals surface area contributed by atoms with Crippen LogP contribution in [0.15, 0.2) is 42.6 Å². The number of fused-ring (bicyclic) bond motifs is 1. The summed E-state index contributed by atoms with van der Waals surface area (Å²) in [5.41, 5.74) is 2.85. The lowest BCUT2D eigenvalue weighted by Crippen LogP contribution is -2.40. The molecule has 1 aromatic carbocycles. The third-order valence-electron chi connectivity index (χ3n) is 4.76. The Bertz CT molecular complexity index is 903. The molecule has 0 aliphatic carbocycles. The van der Waals surface area contributed by atoms with E-state index in [0.717, 1.165) is 22.4 Å². The second kappa shape index (κ2) is 7.25. The quantitative estimate of drug-likeness (QED) is 0.684. The van der Waals surface area contributed by atoms with E-state index in [1.54, 1.807) is 6.20 Å². The van der Waals surface area contributed by atoms with Crippen LogP contribution in [0.1, 0.15) is 30.5 Å². The van der Waals surface area contributed by atoms with Gasteiger partial charge in [0.1, 0.15) is 5.78 Å². The zero-order valence-corrected chi connectivity index (χ0v) is 14.7. The molecule has 1 saturated heterocycles. The van der Waals surface area contributed by atoms with Gasteiger partial charge in [-0.2, -0.15) is 5.10 Å². The highest BCUT2D eigenvalue weighted by Gasteiger charge is 2.20. The van der Waals surface area contributed by atoms with Crippen LogP contribution in [-0.4, -0.2) is 40.2 Å². The van der Waals surface area contributed by atoms with Gasteiger partial charge in [-0.25, -0.2) is 0 Å². The lowest BCUT2D eigenvalue weighted by atomic mass is 9.94. The molecule has 3 aromatic rings. The molecule has 6 heteroatoms. The molecule has 134 valence electrons. The minimum absolute atomic E-state index is 0.192. The van der Waals surface area contributed by atoms with E-state index < -0.39 is 0 Å². The van der Waals surface area contributed by atoms with Gasteiger partial charge in [-0.1, -0.05) is 37.3 Å². The summed E-state index contributed by atoms with van der Waals surface area (Å²) in [7, 11) is 0. The molecule has 0 unspecified atom stereocenters. The Morgan fingerprint density at radius 3 is 2.88 bits per heavy atom. The number of Topliss-reactive ketones (excluding diaryl/α,β-unsaturated/α-hetero) is 1. The van der Waals surface area contributed by atoms with Crippen LogP contribution in [0.5, 0.6) is 0 Å². The number of rotatable bonds is 7. The van der Waals surface area contributed by atoms with Crippen LogP contribution in [0.25, 0.3) is 10.9 Å². The Labute approximate surface area is 152 Å². The summed E-state index contributed by atoms with van der Waals surface area (Å²) < 4.78 is 5.17. The summed E-state index contributed by atoms with van der Waals surface area (Å²) >= 11 is 0. The fraction of sp³-hybridized carbons (Fsp3) is 0.350. The molecule has 3 heterocycles. The molecule has 2 N–H and O–H groups in total. The van der Waals surface area contributed by atoms with E-state index in [2.05, 4.69) is 39.6 Å². The highest BCUT2D eigenvalue weighted by Crippen LogP contribution is 2.23. The predicted molar refractivity (Wildman–Crippen MR) is 100 cm³/mol. The molecule has 1 aliphatic heterocycles. The van der Waals surface area contributed by atoms with Crippen molar-refractivity contribution in [2.45, 2.75) is 31.7 Å². The van der Waals surface area contributed by atoms with Crippen LogP contribution < -0.4 is 5.32 Å². The maximum absolute atomic E-state index is 12.4. The molecule has 0 saturated carbocycles. The first-order valence-electron chi connectivity index (χ1n) is 8.93. The zero-order chi connectivity index (χ0) is 17.9. The second-order valence-electron chi connectivity index (χ2n) is 6.90. The zero-order valence-electron chi connectivity index (χ0n) is 14.7. The Morgan fingerprint density at radius 2 is 2.15 bits per heavy atom. The third kappa shape index (κ3) is 3.60. The Kier molecular flexibility index (Phi) is 4.67. The van der Waals surface area contributed by atoms with E-state index in [9.17, 15) is 4.79 Å². The van der Waals surface area contributed by atoms with Crippen LogP contribution >= 0.6 is 0 Å². The van der Waals surface area contributed by atoms with Crippen molar-refractivity contribution in [2.75, 3.05) is 18.5 Å². The number of nitrogens with one attached hydrogen (secondary N) is 2. The summed E-state index contributed by atoms with van der Waals surface area (Å²) in [5, 5.41) is 11.6. The lowest BCUT2D eigenvalue weighted by molar-refractivity contribution is -0.118. The molecule has 0 amide bonds. The van der Waals surface area contributed by atoms with Crippen molar-refractivity contribution in [2.24, 2.45) is 0 Å². The molecule has 1 aliphatic rings. The Balaban J connectivity index is 1.41. The molecule has 0 spiro atoms. The topological polar surface area (TPSA) is 79.9 Å². The molecule has 4 rings (SSSR count). The summed E-state index contributed by atoms with van der Waals surface area (Å²) in [4.78, 5) is 16.9. The van der Waals surface area contributed by atoms with E-state index >= 15 is 0 Å². The van der Waals surface area contributed by atoms with Gasteiger partial charge >= 0.3 is 0 Å². The number of hydrogen-bond donors (Lipinski definition) is 2. The molecular formula is C20H22N4O2. The average Bonchev–Trinajstić information content (AvgIpc) is 3.01. The first kappa shape index (κ1) is 16.7. The van der Waals surface area contributed by atoms with Crippen molar-refractivity contribution in [1.29, 1.82) is 0 Å². The van der Waals surface area contributed by atoms with Crippen molar-refractivity contribution < 1.29 is 9.53 Å². The molecule has 0 bridgehead atoms. The number of ether oxygens (including phenoxy) is 1. The number of carbonyl (C=O) groups is 1. The van der Waals surface area contributed by atoms with Crippen LogP contribution in [0.4, 0.5) is 5.82 Å². The standard InChI is InChI=1S/C20H22N4O2/c1-13(14-5-3-2-4-6-14)7-17(25)8-15-9-19-18(10-21-15)20(24-23-19)22-16-11-26-12-16/h2-6,9-10,13,16H,7-8,11-12H2,1H3,(H2,22,23,24)/t13-/m0/s1. The minimum Gasteiger partial charge on any atom is -0.377 e. The SMILES string of the molecule is C[C@@H](CC(=O)Cc1cc2[nH]nc(NC3COC3)c2cn1)c1ccccc1. The minimum atomic E-state index is 0.192. The van der Waals surface area contributed by atoms with Gasteiger partial charge in [0.05, 0.1) is 30.2 Å². The summed E-state index contributed by atoms with van der Waals surface area (Å²) in [6, 6.07) is 12.3. The number of benzene rings is 1. The maximum Gasteiger partial charge on any atom is 0.157 e. The van der Waals surface area contributed by atoms with Crippen LogP contribution in [0, 0.1) is 0 Å². The normalized spacial score (nSPS) is 15.6. The molecule has 2 aromatic heterocycles. The van der Waals surface area contributed by atoms with E-state index in [1.165, 1.54) is 5.56 Å². The van der Waals surface area contributed by atoms with Crippen molar-refractivity contribution >= 4 is 22.5 Å². The van der Waals surface area contributed by atoms with E-state index in [0.29, 0.717) is 32.1 Å². The predicted octanol–water partition coefficient (Wildman–Crippen LogP) is 3.07. The summed E-state index contributed by atoms with van der Waals surface area (Å²) in [6.07, 6.45) is 2.64. The highest BCUT2D eigenvalue weighted by molar-refractivity contribution is 5.90. The fourth-order valence-corrected chi connectivity index (χ4v) is 3.19. The van der Waals surface area contributed by atoms with Gasteiger partial charge in [0, 0.05) is 24.7 Å². The highest BCUT2D eigenvalue weighted by atomic mass is 16.5. The Hall–Kier alpha value is -2.73. The lowest BCUT2D eigenvalue weighted by Gasteiger charge is -2.26. The molecule has 0 radical (unpaired) electrons. The number of ketones is 1. The van der Waals surface area contributed by atoms with Gasteiger partial charge < -0.3 is 10.1 Å². The van der Waals surface area contributed by atoms with Gasteiger partial charge in [0.25, 0.3) is 0 Å². The number of nitrogens with zero attached hydrogens (tertiary/aromatic N) is 2. The fourth-order valence-electron chi connectivity index (χ4n) is 3.19. The molecule has 1 atom stereocenters. The van der Waals surface area contributed by atoms with Crippen molar-refractivity contribution in [3.05, 3.63) is 53.9 Å². The number of aromatic amines is 1. The molecule has 6 nitrogen and oxygen atoms in total. The van der Waals surface area contributed by atoms with E-state index in [-0.39, 0.29) is 11.7 Å². The van der Waals surface area contributed by atoms with Gasteiger partial charge in [-0.15, -0.1) is 0 Å². The molecule has 26 heavy (non-hydrogen) atoms. The smallest absolute Gasteiger partial charge is 0.157 e. The number of anilines is 1. The van der Waals surface area contributed by atoms with Crippen molar-refractivity contribution in [3.63, 3.8) is 0 Å². The maximum atomic E-state index is 12.4. The molecular weight excluding hydrogens is 328 g/mol. The first-order chi connectivity index (χ1) is 12.7. The Morgan fingerprint density at radius 1 is 1.35 bits per heavy atom. The number of H-pyrrole nitrogens is 1. The van der Waals surface area contributed by atoms with Gasteiger partial charge in [-0.3, -0.25) is 14.9 Å². The van der Waals surface area contributed by atoms with Crippen LogP contribution in [-0.2, 0) is 16.0 Å². The average molecular weight is 350 g/mol. The second-order valence-corrected chi connectivity index (χ2v) is 6.90. The van der Waals surface area contributed by atoms with Gasteiger partial charge in [0.2, 0.25) is 0 Å². The van der Waals surface area contributed by atoms with Gasteiger partial charge in [-0.05, 0) is 17.5 Å². The van der Waals surface area contributed by atoms with E-state index in [4.69, 9.17) is 4.74 Å². The van der Waals surface area contributed by atoms with Crippen LogP contribution in [0.2, 0.25) is 0 Å². The molecule has 1 fully saturated rings. The summed E-state index contributed by atoms with van der Waals surface area (Å²) in [6.45, 7) is 3.49. The number of aromatic nitrogens is 3. The number of carbonyl (C=O) groups excluding carboxylic acids is 1. The third-order valence-corrected chi connectivity index (χ3v) is 4.76. The van der Waals surface area contributed by atoms with Crippen LogP contribution in [0.3, 0.4) is 0 Å². The number of hydrogen-bond acceptors (Lipinski definition) is 5. The summed E-state index contributed by atoms with van der Waals surface area (Å²) in [5.74, 6) is 1.19.